The van der Waals surface area contributed by atoms with Gasteiger partial charge in [-0.2, -0.15) is 0 Å². The SMILES string of the molecule is CC#CCOc1cc(C=CC(=O)O)ccc1OC. The van der Waals surface area contributed by atoms with Gasteiger partial charge in [-0.05, 0) is 30.7 Å². The van der Waals surface area contributed by atoms with Crippen LogP contribution in [0.4, 0.5) is 0 Å². The van der Waals surface area contributed by atoms with Crippen molar-refractivity contribution < 1.29 is 19.4 Å². The molecule has 0 atom stereocenters. The summed E-state index contributed by atoms with van der Waals surface area (Å²) in [7, 11) is 1.54. The maximum Gasteiger partial charge on any atom is 0.328 e. The Balaban J connectivity index is 2.92. The van der Waals surface area contributed by atoms with Gasteiger partial charge in [0.2, 0.25) is 0 Å². The molecule has 0 fully saturated rings. The van der Waals surface area contributed by atoms with E-state index in [2.05, 4.69) is 11.8 Å². The first kappa shape index (κ1) is 13.7. The smallest absolute Gasteiger partial charge is 0.328 e. The van der Waals surface area contributed by atoms with Gasteiger partial charge in [0.05, 0.1) is 7.11 Å². The van der Waals surface area contributed by atoms with Crippen LogP contribution in [0, 0.1) is 11.8 Å². The summed E-state index contributed by atoms with van der Waals surface area (Å²) in [5.74, 6) is 5.62. The molecule has 1 rings (SSSR count). The van der Waals surface area contributed by atoms with E-state index in [4.69, 9.17) is 14.6 Å². The molecule has 94 valence electrons. The highest BCUT2D eigenvalue weighted by atomic mass is 16.5. The first-order chi connectivity index (χ1) is 8.67. The molecule has 0 aliphatic heterocycles. The van der Waals surface area contributed by atoms with Crippen LogP contribution in [0.3, 0.4) is 0 Å². The number of rotatable bonds is 5. The van der Waals surface area contributed by atoms with E-state index in [1.807, 2.05) is 0 Å². The molecule has 0 heterocycles. The Morgan fingerprint density at radius 1 is 1.44 bits per heavy atom. The second-order valence-electron chi connectivity index (χ2n) is 3.30. The van der Waals surface area contributed by atoms with E-state index in [1.54, 1.807) is 32.2 Å². The molecule has 1 N–H and O–H groups in total. The van der Waals surface area contributed by atoms with Crippen molar-refractivity contribution >= 4 is 12.0 Å². The van der Waals surface area contributed by atoms with E-state index < -0.39 is 5.97 Å². The Morgan fingerprint density at radius 2 is 2.22 bits per heavy atom. The average Bonchev–Trinajstić information content (AvgIpc) is 2.37. The second-order valence-corrected chi connectivity index (χ2v) is 3.30. The number of hydrogen-bond acceptors (Lipinski definition) is 3. The fourth-order valence-electron chi connectivity index (χ4n) is 1.26. The van der Waals surface area contributed by atoms with Crippen LogP contribution in [0.5, 0.6) is 11.5 Å². The third-order valence-electron chi connectivity index (χ3n) is 2.08. The molecule has 4 heteroatoms. The Bertz CT molecular complexity index is 506. The van der Waals surface area contributed by atoms with Crippen LogP contribution in [0.15, 0.2) is 24.3 Å². The molecule has 18 heavy (non-hydrogen) atoms. The zero-order valence-electron chi connectivity index (χ0n) is 10.3. The predicted molar refractivity (Wildman–Crippen MR) is 68.6 cm³/mol. The summed E-state index contributed by atoms with van der Waals surface area (Å²) in [6.07, 6.45) is 2.55. The van der Waals surface area contributed by atoms with Crippen molar-refractivity contribution in [1.29, 1.82) is 0 Å². The molecule has 1 aromatic carbocycles. The molecule has 4 nitrogen and oxygen atoms in total. The van der Waals surface area contributed by atoms with Crippen molar-refractivity contribution in [3.8, 4) is 23.3 Å². The van der Waals surface area contributed by atoms with E-state index in [1.165, 1.54) is 6.08 Å². The number of carboxylic acids is 1. The molecule has 0 unspecified atom stereocenters. The first-order valence-corrected chi connectivity index (χ1v) is 5.29. The maximum atomic E-state index is 10.4. The molecule has 0 saturated carbocycles. The van der Waals surface area contributed by atoms with Crippen molar-refractivity contribution in [3.05, 3.63) is 29.8 Å². The van der Waals surface area contributed by atoms with Gasteiger partial charge >= 0.3 is 5.97 Å². The van der Waals surface area contributed by atoms with E-state index in [0.29, 0.717) is 11.5 Å². The summed E-state index contributed by atoms with van der Waals surface area (Å²) in [5, 5.41) is 8.56. The number of methoxy groups -OCH3 is 1. The lowest BCUT2D eigenvalue weighted by atomic mass is 10.2. The number of hydrogen-bond donors (Lipinski definition) is 1. The standard InChI is InChI=1S/C14H14O4/c1-3-4-9-18-13-10-11(6-8-14(15)16)5-7-12(13)17-2/h5-8,10H,9H2,1-2H3,(H,15,16). The van der Waals surface area contributed by atoms with Crippen molar-refractivity contribution in [1.82, 2.24) is 0 Å². The zero-order chi connectivity index (χ0) is 13.4. The van der Waals surface area contributed by atoms with Crippen LogP contribution >= 0.6 is 0 Å². The lowest BCUT2D eigenvalue weighted by Crippen LogP contribution is -1.97. The zero-order valence-corrected chi connectivity index (χ0v) is 10.3. The fraction of sp³-hybridized carbons (Fsp3) is 0.214. The van der Waals surface area contributed by atoms with Gasteiger partial charge in [0, 0.05) is 6.08 Å². The van der Waals surface area contributed by atoms with E-state index in [9.17, 15) is 4.79 Å². The van der Waals surface area contributed by atoms with Crippen LogP contribution in [-0.4, -0.2) is 24.8 Å². The molecule has 0 amide bonds. The molecule has 0 saturated heterocycles. The number of aliphatic carboxylic acids is 1. The molecule has 0 bridgehead atoms. The Hall–Kier alpha value is -2.41. The third-order valence-corrected chi connectivity index (χ3v) is 2.08. The first-order valence-electron chi connectivity index (χ1n) is 5.29. The minimum Gasteiger partial charge on any atom is -0.493 e. The summed E-state index contributed by atoms with van der Waals surface area (Å²) in [6, 6.07) is 5.17. The Kier molecular flexibility index (Phi) is 5.33. The molecule has 0 aromatic heterocycles. The second kappa shape index (κ2) is 7.02. The normalized spacial score (nSPS) is 9.67. The summed E-state index contributed by atoms with van der Waals surface area (Å²) < 4.78 is 10.6. The van der Waals surface area contributed by atoms with Gasteiger partial charge in [0.25, 0.3) is 0 Å². The third kappa shape index (κ3) is 4.22. The molecule has 1 aromatic rings. The topological polar surface area (TPSA) is 55.8 Å². The van der Waals surface area contributed by atoms with Gasteiger partial charge in [0.1, 0.15) is 6.61 Å². The van der Waals surface area contributed by atoms with Crippen LogP contribution in [0.2, 0.25) is 0 Å². The quantitative estimate of drug-likeness (QED) is 0.639. The number of carboxylic acid groups (broad SMARTS) is 1. The van der Waals surface area contributed by atoms with Crippen molar-refractivity contribution in [3.63, 3.8) is 0 Å². The fourth-order valence-corrected chi connectivity index (χ4v) is 1.26. The van der Waals surface area contributed by atoms with Gasteiger partial charge < -0.3 is 14.6 Å². The molecule has 0 aliphatic rings. The predicted octanol–water partition coefficient (Wildman–Crippen LogP) is 2.20. The van der Waals surface area contributed by atoms with Crippen molar-refractivity contribution in [2.75, 3.05) is 13.7 Å². The van der Waals surface area contributed by atoms with Gasteiger partial charge in [0.15, 0.2) is 11.5 Å². The summed E-state index contributed by atoms with van der Waals surface area (Å²) in [4.78, 5) is 10.4. The lowest BCUT2D eigenvalue weighted by Gasteiger charge is -2.09. The van der Waals surface area contributed by atoms with E-state index in [-0.39, 0.29) is 6.61 Å². The van der Waals surface area contributed by atoms with Crippen LogP contribution < -0.4 is 9.47 Å². The van der Waals surface area contributed by atoms with Gasteiger partial charge in [-0.15, -0.1) is 5.92 Å². The van der Waals surface area contributed by atoms with Crippen molar-refractivity contribution in [2.45, 2.75) is 6.92 Å². The average molecular weight is 246 g/mol. The van der Waals surface area contributed by atoms with Gasteiger partial charge in [-0.3, -0.25) is 0 Å². The summed E-state index contributed by atoms with van der Waals surface area (Å²) >= 11 is 0. The van der Waals surface area contributed by atoms with Gasteiger partial charge in [-0.25, -0.2) is 4.79 Å². The van der Waals surface area contributed by atoms with Crippen LogP contribution in [0.25, 0.3) is 6.08 Å². The molecular formula is C14H14O4. The van der Waals surface area contributed by atoms with E-state index >= 15 is 0 Å². The maximum absolute atomic E-state index is 10.4. The lowest BCUT2D eigenvalue weighted by molar-refractivity contribution is -0.131. The van der Waals surface area contributed by atoms with E-state index in [0.717, 1.165) is 11.6 Å². The Morgan fingerprint density at radius 3 is 2.83 bits per heavy atom. The number of benzene rings is 1. The highest BCUT2D eigenvalue weighted by Crippen LogP contribution is 2.28. The highest BCUT2D eigenvalue weighted by molar-refractivity contribution is 5.85. The van der Waals surface area contributed by atoms with Crippen molar-refractivity contribution in [2.24, 2.45) is 0 Å². The highest BCUT2D eigenvalue weighted by Gasteiger charge is 2.04. The molecule has 0 aliphatic carbocycles. The largest absolute Gasteiger partial charge is 0.493 e. The minimum atomic E-state index is -0.995. The minimum absolute atomic E-state index is 0.263. The van der Waals surface area contributed by atoms with Gasteiger partial charge in [-0.1, -0.05) is 12.0 Å². The molecule has 0 spiro atoms. The number of carbonyl (C=O) groups is 1. The summed E-state index contributed by atoms with van der Waals surface area (Å²) in [6.45, 7) is 1.99. The van der Waals surface area contributed by atoms with Crippen LogP contribution in [0.1, 0.15) is 12.5 Å². The van der Waals surface area contributed by atoms with Crippen LogP contribution in [-0.2, 0) is 4.79 Å². The Labute approximate surface area is 106 Å². The molecule has 0 radical (unpaired) electrons. The monoisotopic (exact) mass is 246 g/mol. The summed E-state index contributed by atoms with van der Waals surface area (Å²) in [5.41, 5.74) is 0.720. The molecular weight excluding hydrogens is 232 g/mol. The number of ether oxygens (including phenoxy) is 2.